The summed E-state index contributed by atoms with van der Waals surface area (Å²) >= 11 is 0. The Morgan fingerprint density at radius 2 is 1.33 bits per heavy atom. The molecule has 0 bridgehead atoms. The first-order chi connectivity index (χ1) is 22.2. The van der Waals surface area contributed by atoms with Crippen molar-refractivity contribution >= 4 is 44.0 Å². The molecule has 214 valence electrons. The lowest BCUT2D eigenvalue weighted by Gasteiger charge is -2.34. The van der Waals surface area contributed by atoms with E-state index in [4.69, 9.17) is 0 Å². The summed E-state index contributed by atoms with van der Waals surface area (Å²) in [7, 11) is 0. The van der Waals surface area contributed by atoms with E-state index in [1.54, 1.807) is 0 Å². The molecule has 0 saturated heterocycles. The molecule has 0 unspecified atom stereocenters. The number of hydrogen-bond donors (Lipinski definition) is 0. The van der Waals surface area contributed by atoms with E-state index in [0.29, 0.717) is 5.39 Å². The van der Waals surface area contributed by atoms with Crippen LogP contribution in [0.1, 0.15) is 13.3 Å². The summed E-state index contributed by atoms with van der Waals surface area (Å²) in [6, 6.07) is 44.7. The molecule has 1 atom stereocenters. The summed E-state index contributed by atoms with van der Waals surface area (Å²) in [6.45, 7) is 2.15. The zero-order valence-corrected chi connectivity index (χ0v) is 24.9. The third kappa shape index (κ3) is 3.87. The van der Waals surface area contributed by atoms with Gasteiger partial charge in [-0.25, -0.2) is 0 Å². The van der Waals surface area contributed by atoms with Crippen molar-refractivity contribution in [3.8, 4) is 27.9 Å². The molecular weight excluding hydrogens is 548 g/mol. The van der Waals surface area contributed by atoms with Crippen LogP contribution in [0, 0.1) is 0 Å². The fourth-order valence-electron chi connectivity index (χ4n) is 7.46. The van der Waals surface area contributed by atoms with Crippen LogP contribution in [0.2, 0.25) is 0 Å². The molecule has 0 amide bonds. The van der Waals surface area contributed by atoms with Gasteiger partial charge in [-0.05, 0) is 89.5 Å². The second-order valence-corrected chi connectivity index (χ2v) is 12.1. The first-order valence-electron chi connectivity index (χ1n) is 15.6. The molecule has 9 rings (SSSR count). The van der Waals surface area contributed by atoms with Gasteiger partial charge in [0.05, 0.1) is 17.1 Å². The lowest BCUT2D eigenvalue weighted by molar-refractivity contribution is 0.782. The molecule has 1 heterocycles. The SMILES string of the molecule is CC1=CC[C@H](N(c2ccc3c(c2)c(=O)c2ccccc2n3-c2ccccc2)c2ccc3c4c(cccc24)-c2ccccc2-3)C=C1. The van der Waals surface area contributed by atoms with E-state index in [1.165, 1.54) is 38.6 Å². The van der Waals surface area contributed by atoms with Gasteiger partial charge in [-0.15, -0.1) is 0 Å². The van der Waals surface area contributed by atoms with Crippen molar-refractivity contribution in [3.63, 3.8) is 0 Å². The van der Waals surface area contributed by atoms with Gasteiger partial charge in [0, 0.05) is 33.2 Å². The van der Waals surface area contributed by atoms with Crippen LogP contribution < -0.4 is 10.3 Å². The standard InChI is InChI=1S/C42H30N2O/c1-27-18-20-29(21-19-27)43(39-25-23-34-32-13-6-5-12-31(32)33-15-9-16-35(39)41(33)34)30-22-24-40-37(26-30)42(45)36-14-7-8-17-38(36)44(40)28-10-3-2-4-11-28/h2-20,22-26,29H,21H2,1H3/t29-/m1/s1. The van der Waals surface area contributed by atoms with Gasteiger partial charge in [0.1, 0.15) is 0 Å². The van der Waals surface area contributed by atoms with Gasteiger partial charge >= 0.3 is 0 Å². The largest absolute Gasteiger partial charge is 0.334 e. The van der Waals surface area contributed by atoms with Crippen LogP contribution in [0.3, 0.4) is 0 Å². The maximum absolute atomic E-state index is 14.2. The predicted molar refractivity (Wildman–Crippen MR) is 189 cm³/mol. The predicted octanol–water partition coefficient (Wildman–Crippen LogP) is 10.4. The van der Waals surface area contributed by atoms with Crippen molar-refractivity contribution in [2.45, 2.75) is 19.4 Å². The Labute approximate surface area is 261 Å². The summed E-state index contributed by atoms with van der Waals surface area (Å²) in [5.41, 5.74) is 11.5. The second kappa shape index (κ2) is 9.93. The molecule has 0 aliphatic heterocycles. The van der Waals surface area contributed by atoms with Gasteiger partial charge in [-0.2, -0.15) is 0 Å². The van der Waals surface area contributed by atoms with Gasteiger partial charge in [-0.3, -0.25) is 4.79 Å². The first-order valence-corrected chi connectivity index (χ1v) is 15.6. The van der Waals surface area contributed by atoms with Gasteiger partial charge in [0.2, 0.25) is 0 Å². The van der Waals surface area contributed by atoms with E-state index in [9.17, 15) is 4.79 Å². The fraction of sp³-hybridized carbons (Fsp3) is 0.0714. The number of pyridine rings is 1. The highest BCUT2D eigenvalue weighted by molar-refractivity contribution is 6.18. The molecule has 2 aliphatic carbocycles. The van der Waals surface area contributed by atoms with Crippen molar-refractivity contribution in [1.29, 1.82) is 0 Å². The number of allylic oxidation sites excluding steroid dienone is 2. The number of nitrogens with zero attached hydrogens (tertiary/aromatic N) is 2. The highest BCUT2D eigenvalue weighted by Crippen LogP contribution is 2.50. The Balaban J connectivity index is 1.31. The van der Waals surface area contributed by atoms with E-state index in [2.05, 4.69) is 120 Å². The number of fused-ring (bicyclic) bond motifs is 5. The van der Waals surface area contributed by atoms with Crippen LogP contribution in [-0.4, -0.2) is 10.6 Å². The average Bonchev–Trinajstić information content (AvgIpc) is 3.42. The smallest absolute Gasteiger partial charge is 0.197 e. The monoisotopic (exact) mass is 578 g/mol. The van der Waals surface area contributed by atoms with Gasteiger partial charge < -0.3 is 9.47 Å². The molecule has 6 aromatic carbocycles. The van der Waals surface area contributed by atoms with Crippen LogP contribution in [0.5, 0.6) is 0 Å². The molecular formula is C42H30N2O. The highest BCUT2D eigenvalue weighted by Gasteiger charge is 2.27. The van der Waals surface area contributed by atoms with E-state index in [0.717, 1.165) is 39.9 Å². The lowest BCUT2D eigenvalue weighted by atomic mass is 9.97. The molecule has 45 heavy (non-hydrogen) atoms. The lowest BCUT2D eigenvalue weighted by Crippen LogP contribution is -2.30. The Hall–Kier alpha value is -5.67. The zero-order chi connectivity index (χ0) is 30.1. The van der Waals surface area contributed by atoms with Crippen LogP contribution in [-0.2, 0) is 0 Å². The number of benzene rings is 6. The maximum atomic E-state index is 14.2. The molecule has 0 saturated carbocycles. The van der Waals surface area contributed by atoms with Crippen molar-refractivity contribution in [2.24, 2.45) is 0 Å². The van der Waals surface area contributed by atoms with Gasteiger partial charge in [0.15, 0.2) is 5.43 Å². The van der Waals surface area contributed by atoms with Crippen LogP contribution >= 0.6 is 0 Å². The van der Waals surface area contributed by atoms with Crippen molar-refractivity contribution in [2.75, 3.05) is 4.90 Å². The van der Waals surface area contributed by atoms with Crippen LogP contribution in [0.15, 0.2) is 156 Å². The minimum atomic E-state index is 0.0559. The molecule has 0 fully saturated rings. The Morgan fingerprint density at radius 1 is 0.644 bits per heavy atom. The van der Waals surface area contributed by atoms with E-state index < -0.39 is 0 Å². The summed E-state index contributed by atoms with van der Waals surface area (Å²) < 4.78 is 2.21. The van der Waals surface area contributed by atoms with Crippen LogP contribution in [0.25, 0.3) is 60.5 Å². The van der Waals surface area contributed by atoms with Crippen molar-refractivity contribution in [1.82, 2.24) is 4.57 Å². The number of para-hydroxylation sites is 2. The minimum absolute atomic E-state index is 0.0559. The molecule has 7 aromatic rings. The number of hydrogen-bond acceptors (Lipinski definition) is 2. The summed E-state index contributed by atoms with van der Waals surface area (Å²) in [5, 5.41) is 3.95. The molecule has 0 N–H and O–H groups in total. The minimum Gasteiger partial charge on any atom is -0.334 e. The third-order valence-electron chi connectivity index (χ3n) is 9.53. The molecule has 2 aliphatic rings. The quantitative estimate of drug-likeness (QED) is 0.194. The Kier molecular flexibility index (Phi) is 5.69. The van der Waals surface area contributed by atoms with Gasteiger partial charge in [-0.1, -0.05) is 103 Å². The second-order valence-electron chi connectivity index (χ2n) is 12.1. The summed E-state index contributed by atoms with van der Waals surface area (Å²) in [6.07, 6.45) is 7.72. The topological polar surface area (TPSA) is 25.2 Å². The van der Waals surface area contributed by atoms with Crippen LogP contribution in [0.4, 0.5) is 11.4 Å². The number of rotatable bonds is 4. The summed E-state index contributed by atoms with van der Waals surface area (Å²) in [4.78, 5) is 16.6. The fourth-order valence-corrected chi connectivity index (χ4v) is 7.46. The Morgan fingerprint density at radius 3 is 2.13 bits per heavy atom. The average molecular weight is 579 g/mol. The molecule has 0 spiro atoms. The number of anilines is 2. The van der Waals surface area contributed by atoms with E-state index >= 15 is 0 Å². The highest BCUT2D eigenvalue weighted by atomic mass is 16.1. The van der Waals surface area contributed by atoms with E-state index in [-0.39, 0.29) is 11.5 Å². The molecule has 1 aromatic heterocycles. The maximum Gasteiger partial charge on any atom is 0.197 e. The first kappa shape index (κ1) is 25.8. The summed E-state index contributed by atoms with van der Waals surface area (Å²) in [5.74, 6) is 0. The molecule has 0 radical (unpaired) electrons. The molecule has 3 nitrogen and oxygen atoms in total. The van der Waals surface area contributed by atoms with Crippen molar-refractivity contribution < 1.29 is 0 Å². The zero-order valence-electron chi connectivity index (χ0n) is 24.9. The van der Waals surface area contributed by atoms with Gasteiger partial charge in [0.25, 0.3) is 0 Å². The number of aromatic nitrogens is 1. The Bertz CT molecular complexity index is 2420. The third-order valence-corrected chi connectivity index (χ3v) is 9.53. The van der Waals surface area contributed by atoms with E-state index in [1.807, 2.05) is 42.5 Å². The molecule has 3 heteroatoms. The van der Waals surface area contributed by atoms with Crippen molar-refractivity contribution in [3.05, 3.63) is 161 Å². The normalized spacial score (nSPS) is 15.0.